The first-order valence-corrected chi connectivity index (χ1v) is 38.8. The maximum atomic E-state index is 13.3. The molecular formula is C74H61NO8Te4. The molecule has 11 unspecified atom stereocenters. The van der Waals surface area contributed by atoms with E-state index in [2.05, 4.69) is 158 Å². The predicted octanol–water partition coefficient (Wildman–Crippen LogP) is 7.06. The molecule has 0 radical (unpaired) electrons. The summed E-state index contributed by atoms with van der Waals surface area (Å²) in [6.45, 7) is 0. The molecule has 0 N–H and O–H groups in total. The van der Waals surface area contributed by atoms with Gasteiger partial charge in [0.2, 0.25) is 0 Å². The number of carbonyl (C=O) groups is 5. The molecule has 11 atom stereocenters. The fourth-order valence-electron chi connectivity index (χ4n) is 13.1. The van der Waals surface area contributed by atoms with Gasteiger partial charge >= 0.3 is 554 Å². The Bertz CT molecular complexity index is 3700. The second-order valence-corrected chi connectivity index (χ2v) is 35.8. The van der Waals surface area contributed by atoms with Crippen molar-refractivity contribution in [3.63, 3.8) is 0 Å². The molecule has 0 aromatic heterocycles. The minimum atomic E-state index is -0.533. The first-order chi connectivity index (χ1) is 42.6. The monoisotopic (exact) mass is 1610 g/mol. The number of anilines is 1. The number of ether oxygens (including phenoxy) is 3. The van der Waals surface area contributed by atoms with Gasteiger partial charge in [0.1, 0.15) is 0 Å². The van der Waals surface area contributed by atoms with Gasteiger partial charge in [-0.05, 0) is 0 Å². The van der Waals surface area contributed by atoms with Crippen molar-refractivity contribution in [1.29, 1.82) is 0 Å². The van der Waals surface area contributed by atoms with Crippen molar-refractivity contribution in [2.24, 2.45) is 65.1 Å². The molecular weight excluding hydrogens is 1540 g/mol. The van der Waals surface area contributed by atoms with Crippen molar-refractivity contribution in [3.05, 3.63) is 255 Å². The van der Waals surface area contributed by atoms with E-state index in [1.807, 2.05) is 97.1 Å². The van der Waals surface area contributed by atoms with E-state index in [9.17, 15) is 24.0 Å². The van der Waals surface area contributed by atoms with Crippen LogP contribution in [0.2, 0.25) is 0 Å². The summed E-state index contributed by atoms with van der Waals surface area (Å²) in [6, 6.07) is 73.6. The summed E-state index contributed by atoms with van der Waals surface area (Å²) in [5.41, 5.74) is 0.730. The van der Waals surface area contributed by atoms with E-state index in [1.54, 1.807) is 0 Å². The first kappa shape index (κ1) is 59.6. The van der Waals surface area contributed by atoms with Crippen molar-refractivity contribution >= 4 is 148 Å². The van der Waals surface area contributed by atoms with Crippen molar-refractivity contribution in [2.75, 3.05) is 4.90 Å². The normalized spacial score (nSPS) is 24.5. The van der Waals surface area contributed by atoms with Crippen molar-refractivity contribution < 1.29 is 38.2 Å². The standard InChI is InChI=1S/C33H26O4Te2.C21H17NO2Te.C20H18O2Te/c34-32(36-24-13-17-28(18-14-24)38-26-7-3-1-4-8-26)30-22-11-12-23(21-22)31(30)33(35)37-25-15-19-29(20-16-25)39-27-9-5-2-6-10-27;23-20-18-13-6-7-14(12-13)19(18)21(24)22(20)15-8-10-17(11-9-15)25-16-4-2-1-3-5-16;21-20(19-13-14-6-7-15(19)12-14)22-16-8-10-18(11-9-16)23-17-4-2-1-3-5-17/h1-20,22-23,30-31H,21H2;1-11,13-14,18-19H,12H2;1-11,14-15,19H,12-13H2. The van der Waals surface area contributed by atoms with Crippen LogP contribution >= 0.6 is 0 Å². The van der Waals surface area contributed by atoms with E-state index in [0.717, 1.165) is 31.4 Å². The van der Waals surface area contributed by atoms with Crippen LogP contribution in [0, 0.1) is 65.1 Å². The first-order valence-electron chi connectivity index (χ1n) is 29.5. The molecule has 7 aliphatic rings. The molecule has 0 spiro atoms. The third kappa shape index (κ3) is 14.1. The number of allylic oxidation sites excluding steroid dienone is 6. The zero-order chi connectivity index (χ0) is 59.2. The molecule has 6 aliphatic carbocycles. The number of carbonyl (C=O) groups excluding carboxylic acids is 5. The number of fused-ring (bicyclic) bond motifs is 9. The van der Waals surface area contributed by atoms with Gasteiger partial charge in [-0.1, -0.05) is 0 Å². The predicted molar refractivity (Wildman–Crippen MR) is 345 cm³/mol. The number of esters is 3. The molecule has 1 heterocycles. The number of rotatable bonds is 15. The number of benzene rings is 8. The summed E-state index contributed by atoms with van der Waals surface area (Å²) < 4.78 is 27.9. The Morgan fingerprint density at radius 1 is 0.322 bits per heavy atom. The molecule has 1 saturated heterocycles. The Morgan fingerprint density at radius 2 is 0.632 bits per heavy atom. The van der Waals surface area contributed by atoms with Crippen LogP contribution in [0.3, 0.4) is 0 Å². The molecule has 6 bridgehead atoms. The average Bonchev–Trinajstić information content (AvgIpc) is 2.02. The fraction of sp³-hybridized carbons (Fsp3) is 0.203. The molecule has 3 saturated carbocycles. The van der Waals surface area contributed by atoms with Crippen LogP contribution in [-0.2, 0) is 24.0 Å². The van der Waals surface area contributed by atoms with Crippen LogP contribution in [0.15, 0.2) is 255 Å². The number of amides is 2. The molecule has 8 aromatic carbocycles. The van der Waals surface area contributed by atoms with E-state index in [4.69, 9.17) is 14.2 Å². The number of hydrogen-bond acceptors (Lipinski definition) is 8. The molecule has 1 aliphatic heterocycles. The zero-order valence-electron chi connectivity index (χ0n) is 47.3. The van der Waals surface area contributed by atoms with Crippen LogP contribution < -0.4 is 48.0 Å². The quantitative estimate of drug-likeness (QED) is 0.0353. The van der Waals surface area contributed by atoms with Gasteiger partial charge in [-0.25, -0.2) is 0 Å². The van der Waals surface area contributed by atoms with Crippen LogP contribution in [-0.4, -0.2) is 113 Å². The Morgan fingerprint density at radius 3 is 0.977 bits per heavy atom. The topological polar surface area (TPSA) is 116 Å². The van der Waals surface area contributed by atoms with Gasteiger partial charge in [0.05, 0.1) is 0 Å². The van der Waals surface area contributed by atoms with E-state index in [1.165, 1.54) is 33.8 Å². The Kier molecular flexibility index (Phi) is 18.9. The van der Waals surface area contributed by atoms with Gasteiger partial charge in [-0.15, -0.1) is 0 Å². The second kappa shape index (κ2) is 27.6. The summed E-state index contributed by atoms with van der Waals surface area (Å²) in [5, 5.41) is 0. The second-order valence-electron chi connectivity index (χ2n) is 22.7. The summed E-state index contributed by atoms with van der Waals surface area (Å²) in [7, 11) is 0. The number of hydrogen-bond donors (Lipinski definition) is 0. The van der Waals surface area contributed by atoms with Crippen molar-refractivity contribution in [1.82, 2.24) is 0 Å². The molecule has 2 amide bonds. The zero-order valence-corrected chi connectivity index (χ0v) is 56.6. The third-order valence-corrected chi connectivity index (χ3v) is 28.8. The third-order valence-electron chi connectivity index (χ3n) is 17.2. The minimum absolute atomic E-state index is 0.000814. The molecule has 15 rings (SSSR count). The van der Waals surface area contributed by atoms with Crippen LogP contribution in [0.25, 0.3) is 0 Å². The fourth-order valence-corrected chi connectivity index (χ4v) is 22.7. The summed E-state index contributed by atoms with van der Waals surface area (Å²) in [4.78, 5) is 66.1. The van der Waals surface area contributed by atoms with Crippen LogP contribution in [0.5, 0.6) is 17.2 Å². The van der Waals surface area contributed by atoms with Crippen molar-refractivity contribution in [2.45, 2.75) is 25.7 Å². The van der Waals surface area contributed by atoms with Crippen molar-refractivity contribution in [3.8, 4) is 17.2 Å². The SMILES string of the molecule is O=C(Oc1ccc([Te]c2ccccc2)cc1)C1C2C=CC(C2)C1C(=O)Oc1ccc([Te]c2ccccc2)cc1.O=C(Oc1ccc([Te]c2ccccc2)cc1)C1CC2C=CC1C2.O=C1C2C3C=CC(C3)C2C(=O)N1c1ccc([Te]c2ccccc2)cc1. The molecule has 9 nitrogen and oxygen atoms in total. The van der Waals surface area contributed by atoms with E-state index >= 15 is 0 Å². The summed E-state index contributed by atoms with van der Waals surface area (Å²) in [5.74, 6) is 1.20. The molecule has 8 aromatic rings. The molecule has 434 valence electrons. The molecule has 4 fully saturated rings. The van der Waals surface area contributed by atoms with Gasteiger partial charge in [-0.3, -0.25) is 0 Å². The van der Waals surface area contributed by atoms with Crippen LogP contribution in [0.4, 0.5) is 5.69 Å². The van der Waals surface area contributed by atoms with Gasteiger partial charge in [0.15, 0.2) is 0 Å². The molecule has 13 heteroatoms. The maximum absolute atomic E-state index is 13.3. The van der Waals surface area contributed by atoms with Gasteiger partial charge in [0.25, 0.3) is 0 Å². The Labute approximate surface area is 548 Å². The molecule has 87 heavy (non-hydrogen) atoms. The van der Waals surface area contributed by atoms with E-state index in [-0.39, 0.29) is 92.1 Å². The van der Waals surface area contributed by atoms with Crippen LogP contribution in [0.1, 0.15) is 25.7 Å². The van der Waals surface area contributed by atoms with Gasteiger partial charge < -0.3 is 0 Å². The summed E-state index contributed by atoms with van der Waals surface area (Å²) in [6.07, 6.45) is 16.6. The average molecular weight is 1600 g/mol. The number of nitrogens with zero attached hydrogens (tertiary/aromatic N) is 1. The van der Waals surface area contributed by atoms with E-state index < -0.39 is 74.6 Å². The van der Waals surface area contributed by atoms with Gasteiger partial charge in [0, 0.05) is 0 Å². The Hall–Kier alpha value is -6.31. The number of imide groups is 1. The Balaban J connectivity index is 0.000000127. The van der Waals surface area contributed by atoms with E-state index in [0.29, 0.717) is 29.1 Å². The van der Waals surface area contributed by atoms with Gasteiger partial charge in [-0.2, -0.15) is 0 Å². The summed E-state index contributed by atoms with van der Waals surface area (Å²) >= 11 is -1.76.